The Hall–Kier alpha value is -2.42. The highest BCUT2D eigenvalue weighted by Crippen LogP contribution is 2.40. The van der Waals surface area contributed by atoms with Crippen molar-refractivity contribution in [3.63, 3.8) is 0 Å². The van der Waals surface area contributed by atoms with E-state index in [0.717, 1.165) is 18.7 Å². The average Bonchev–Trinajstić information content (AvgIpc) is 3.37. The van der Waals surface area contributed by atoms with Gasteiger partial charge in [0.15, 0.2) is 5.16 Å². The number of carbonyl (C=O) groups excluding carboxylic acids is 2. The Kier molecular flexibility index (Phi) is 5.55. The average molecular weight is 377 g/mol. The molecule has 1 heterocycles. The number of anilines is 1. The standard InChI is InChI=1S/C17H20FN5O2S/c1-10(16(25)20-13-5-3-2-4-12(13)18)26-17-22-21-15(11-6-7-11)23(17)9-8-14(19)24/h2-5,10-11H,6-9H2,1H3,(H2,19,24)(H,20,25)/t10-/m0/s1. The van der Waals surface area contributed by atoms with Gasteiger partial charge in [0.2, 0.25) is 11.8 Å². The Labute approximate surface area is 154 Å². The van der Waals surface area contributed by atoms with Gasteiger partial charge in [-0.15, -0.1) is 10.2 Å². The van der Waals surface area contributed by atoms with Gasteiger partial charge in [0.25, 0.3) is 0 Å². The van der Waals surface area contributed by atoms with E-state index < -0.39 is 17.0 Å². The monoisotopic (exact) mass is 377 g/mol. The van der Waals surface area contributed by atoms with E-state index in [1.807, 2.05) is 4.57 Å². The number of aromatic nitrogens is 3. The van der Waals surface area contributed by atoms with E-state index in [1.165, 1.54) is 23.9 Å². The summed E-state index contributed by atoms with van der Waals surface area (Å²) in [5, 5.41) is 11.0. The second kappa shape index (κ2) is 7.86. The van der Waals surface area contributed by atoms with Crippen molar-refractivity contribution in [1.29, 1.82) is 0 Å². The zero-order valence-corrected chi connectivity index (χ0v) is 15.1. The molecule has 1 saturated carbocycles. The number of hydrogen-bond acceptors (Lipinski definition) is 5. The molecule has 26 heavy (non-hydrogen) atoms. The van der Waals surface area contributed by atoms with Gasteiger partial charge in [-0.05, 0) is 31.9 Å². The maximum atomic E-state index is 13.7. The zero-order chi connectivity index (χ0) is 18.7. The molecule has 1 aliphatic carbocycles. The number of para-hydroxylation sites is 1. The van der Waals surface area contributed by atoms with Gasteiger partial charge >= 0.3 is 0 Å². The highest BCUT2D eigenvalue weighted by molar-refractivity contribution is 8.00. The fourth-order valence-corrected chi connectivity index (χ4v) is 3.35. The molecule has 0 aliphatic heterocycles. The van der Waals surface area contributed by atoms with E-state index in [9.17, 15) is 14.0 Å². The van der Waals surface area contributed by atoms with E-state index in [2.05, 4.69) is 15.5 Å². The molecular weight excluding hydrogens is 357 g/mol. The lowest BCUT2D eigenvalue weighted by atomic mass is 10.3. The summed E-state index contributed by atoms with van der Waals surface area (Å²) in [5.41, 5.74) is 5.39. The first-order valence-electron chi connectivity index (χ1n) is 8.39. The van der Waals surface area contributed by atoms with Crippen LogP contribution in [0.2, 0.25) is 0 Å². The summed E-state index contributed by atoms with van der Waals surface area (Å²) >= 11 is 1.22. The van der Waals surface area contributed by atoms with Crippen LogP contribution in [0.1, 0.15) is 37.9 Å². The van der Waals surface area contributed by atoms with Gasteiger partial charge in [0.05, 0.1) is 10.9 Å². The Morgan fingerprint density at radius 1 is 1.38 bits per heavy atom. The number of primary amides is 1. The van der Waals surface area contributed by atoms with E-state index in [4.69, 9.17) is 5.73 Å². The molecule has 3 rings (SSSR count). The Bertz CT molecular complexity index is 821. The van der Waals surface area contributed by atoms with E-state index >= 15 is 0 Å². The van der Waals surface area contributed by atoms with Crippen molar-refractivity contribution in [3.8, 4) is 0 Å². The van der Waals surface area contributed by atoms with Crippen LogP contribution < -0.4 is 11.1 Å². The van der Waals surface area contributed by atoms with Gasteiger partial charge in [-0.3, -0.25) is 9.59 Å². The summed E-state index contributed by atoms with van der Waals surface area (Å²) in [6.45, 7) is 2.10. The first kappa shape index (κ1) is 18.4. The molecule has 1 aromatic carbocycles. The highest BCUT2D eigenvalue weighted by atomic mass is 32.2. The van der Waals surface area contributed by atoms with Crippen molar-refractivity contribution >= 4 is 29.3 Å². The molecular formula is C17H20FN5O2S. The fourth-order valence-electron chi connectivity index (χ4n) is 2.47. The lowest BCUT2D eigenvalue weighted by Crippen LogP contribution is -2.23. The first-order chi connectivity index (χ1) is 12.5. The first-order valence-corrected chi connectivity index (χ1v) is 9.27. The van der Waals surface area contributed by atoms with Crippen LogP contribution in [0, 0.1) is 5.82 Å². The molecule has 0 bridgehead atoms. The van der Waals surface area contributed by atoms with Gasteiger partial charge in [-0.25, -0.2) is 4.39 Å². The lowest BCUT2D eigenvalue weighted by Gasteiger charge is -2.13. The third-order valence-corrected chi connectivity index (χ3v) is 5.13. The number of carbonyl (C=O) groups is 2. The van der Waals surface area contributed by atoms with E-state index in [0.29, 0.717) is 17.6 Å². The van der Waals surface area contributed by atoms with Crippen LogP contribution in [0.3, 0.4) is 0 Å². The smallest absolute Gasteiger partial charge is 0.237 e. The molecule has 2 amide bonds. The molecule has 0 spiro atoms. The quantitative estimate of drug-likeness (QED) is 0.687. The number of nitrogens with two attached hydrogens (primary N) is 1. The van der Waals surface area contributed by atoms with Gasteiger partial charge in [0.1, 0.15) is 11.6 Å². The van der Waals surface area contributed by atoms with Crippen LogP contribution in [0.25, 0.3) is 0 Å². The maximum Gasteiger partial charge on any atom is 0.237 e. The van der Waals surface area contributed by atoms with Crippen LogP contribution in [0.15, 0.2) is 29.4 Å². The predicted molar refractivity (Wildman–Crippen MR) is 96.2 cm³/mol. The largest absolute Gasteiger partial charge is 0.370 e. The minimum atomic E-state index is -0.516. The molecule has 0 unspecified atom stereocenters. The fraction of sp³-hybridized carbons (Fsp3) is 0.412. The van der Waals surface area contributed by atoms with Gasteiger partial charge in [0, 0.05) is 18.9 Å². The molecule has 0 radical (unpaired) electrons. The lowest BCUT2D eigenvalue weighted by molar-refractivity contribution is -0.118. The number of hydrogen-bond donors (Lipinski definition) is 2. The van der Waals surface area contributed by atoms with Gasteiger partial charge in [-0.1, -0.05) is 23.9 Å². The Balaban J connectivity index is 1.70. The third-order valence-electron chi connectivity index (χ3n) is 4.05. The van der Waals surface area contributed by atoms with Crippen molar-refractivity contribution < 1.29 is 14.0 Å². The number of nitrogens with one attached hydrogen (secondary N) is 1. The summed E-state index contributed by atoms with van der Waals surface area (Å²) < 4.78 is 15.5. The van der Waals surface area contributed by atoms with E-state index in [1.54, 1.807) is 19.1 Å². The predicted octanol–water partition coefficient (Wildman–Crippen LogP) is 2.29. The normalized spacial score (nSPS) is 14.8. The number of benzene rings is 1. The minimum absolute atomic E-state index is 0.138. The molecule has 1 atom stereocenters. The summed E-state index contributed by atoms with van der Waals surface area (Å²) in [6.07, 6.45) is 2.27. The Morgan fingerprint density at radius 3 is 2.77 bits per heavy atom. The Morgan fingerprint density at radius 2 is 2.12 bits per heavy atom. The van der Waals surface area contributed by atoms with Crippen LogP contribution in [0.4, 0.5) is 10.1 Å². The molecule has 9 heteroatoms. The number of rotatable bonds is 8. The topological polar surface area (TPSA) is 103 Å². The van der Waals surface area contributed by atoms with E-state index in [-0.39, 0.29) is 18.0 Å². The van der Waals surface area contributed by atoms with Gasteiger partial charge < -0.3 is 15.6 Å². The second-order valence-electron chi connectivity index (χ2n) is 6.21. The molecule has 2 aromatic rings. The molecule has 138 valence electrons. The number of thioether (sulfide) groups is 1. The molecule has 1 fully saturated rings. The van der Waals surface area contributed by atoms with Crippen LogP contribution >= 0.6 is 11.8 Å². The second-order valence-corrected chi connectivity index (χ2v) is 7.52. The van der Waals surface area contributed by atoms with Crippen molar-refractivity contribution in [3.05, 3.63) is 35.9 Å². The van der Waals surface area contributed by atoms with Crippen molar-refractivity contribution in [2.75, 3.05) is 5.32 Å². The number of amides is 2. The SMILES string of the molecule is C[C@H](Sc1nnc(C2CC2)n1CCC(N)=O)C(=O)Nc1ccccc1F. The number of nitrogens with zero attached hydrogens (tertiary/aromatic N) is 3. The highest BCUT2D eigenvalue weighted by Gasteiger charge is 2.31. The summed E-state index contributed by atoms with van der Waals surface area (Å²) in [5.74, 6) is -0.0410. The molecule has 0 saturated heterocycles. The number of halogens is 1. The van der Waals surface area contributed by atoms with Gasteiger partial charge in [-0.2, -0.15) is 0 Å². The molecule has 1 aromatic heterocycles. The van der Waals surface area contributed by atoms with Crippen LogP contribution in [0.5, 0.6) is 0 Å². The summed E-state index contributed by atoms with van der Waals surface area (Å²) in [6, 6.07) is 6.00. The van der Waals surface area contributed by atoms with Crippen molar-refractivity contribution in [2.24, 2.45) is 5.73 Å². The molecule has 1 aliphatic rings. The van der Waals surface area contributed by atoms with Crippen molar-refractivity contribution in [2.45, 2.75) is 49.1 Å². The third kappa shape index (κ3) is 4.40. The minimum Gasteiger partial charge on any atom is -0.370 e. The maximum absolute atomic E-state index is 13.7. The molecule has 7 nitrogen and oxygen atoms in total. The zero-order valence-electron chi connectivity index (χ0n) is 14.3. The van der Waals surface area contributed by atoms with Crippen molar-refractivity contribution in [1.82, 2.24) is 14.8 Å². The summed E-state index contributed by atoms with van der Waals surface area (Å²) in [7, 11) is 0. The molecule has 3 N–H and O–H groups in total. The van der Waals surface area contributed by atoms with Crippen LogP contribution in [-0.2, 0) is 16.1 Å². The summed E-state index contributed by atoms with van der Waals surface area (Å²) in [4.78, 5) is 23.5. The van der Waals surface area contributed by atoms with Crippen LogP contribution in [-0.4, -0.2) is 31.8 Å².